The van der Waals surface area contributed by atoms with Gasteiger partial charge in [0.15, 0.2) is 9.84 Å². The summed E-state index contributed by atoms with van der Waals surface area (Å²) in [7, 11) is -3.04. The predicted molar refractivity (Wildman–Crippen MR) is 64.1 cm³/mol. The number of hydrogen-bond donors (Lipinski definition) is 0. The first-order valence-electron chi connectivity index (χ1n) is 5.45. The van der Waals surface area contributed by atoms with Crippen molar-refractivity contribution in [3.63, 3.8) is 0 Å². The van der Waals surface area contributed by atoms with Gasteiger partial charge in [-0.2, -0.15) is 0 Å². The van der Waals surface area contributed by atoms with E-state index in [4.69, 9.17) is 0 Å². The second-order valence-electron chi connectivity index (χ2n) is 4.16. The molecule has 88 valence electrons. The van der Waals surface area contributed by atoms with Gasteiger partial charge in [-0.25, -0.2) is 13.4 Å². The molecule has 0 saturated carbocycles. The van der Waals surface area contributed by atoms with Crippen LogP contribution in [0.1, 0.15) is 19.3 Å². The van der Waals surface area contributed by atoms with E-state index in [1.54, 1.807) is 6.20 Å². The largest absolute Gasteiger partial charge is 0.340 e. The number of aromatic nitrogens is 1. The van der Waals surface area contributed by atoms with Crippen LogP contribution in [0.4, 0.5) is 5.82 Å². The fourth-order valence-corrected chi connectivity index (χ4v) is 3.40. The lowest BCUT2D eigenvalue weighted by Gasteiger charge is -2.35. The number of nitrogens with zero attached hydrogens (tertiary/aromatic N) is 2. The molecule has 1 fully saturated rings. The quantitative estimate of drug-likeness (QED) is 0.785. The molecule has 2 heterocycles. The van der Waals surface area contributed by atoms with Gasteiger partial charge in [0, 0.05) is 19.0 Å². The van der Waals surface area contributed by atoms with Gasteiger partial charge in [0.05, 0.1) is 0 Å². The minimum absolute atomic E-state index is 0.406. The lowest BCUT2D eigenvalue weighted by Crippen LogP contribution is -2.44. The van der Waals surface area contributed by atoms with Gasteiger partial charge < -0.3 is 4.90 Å². The predicted octanol–water partition coefficient (Wildman–Crippen LogP) is 1.44. The van der Waals surface area contributed by atoms with Gasteiger partial charge in [0.1, 0.15) is 11.2 Å². The van der Waals surface area contributed by atoms with Gasteiger partial charge in [-0.05, 0) is 31.4 Å². The fraction of sp³-hybridized carbons (Fsp3) is 0.545. The van der Waals surface area contributed by atoms with Crippen LogP contribution < -0.4 is 4.90 Å². The first-order chi connectivity index (χ1) is 7.59. The number of piperidine rings is 1. The van der Waals surface area contributed by atoms with Crippen LogP contribution in [0, 0.1) is 0 Å². The maximum Gasteiger partial charge on any atom is 0.168 e. The van der Waals surface area contributed by atoms with Crippen LogP contribution in [-0.4, -0.2) is 31.6 Å². The van der Waals surface area contributed by atoms with Crippen molar-refractivity contribution in [2.45, 2.75) is 24.6 Å². The molecule has 1 aliphatic rings. The summed E-state index contributed by atoms with van der Waals surface area (Å²) in [5.74, 6) is 0.762. The van der Waals surface area contributed by atoms with Gasteiger partial charge in [-0.15, -0.1) is 0 Å². The zero-order valence-electron chi connectivity index (χ0n) is 9.33. The second kappa shape index (κ2) is 4.41. The monoisotopic (exact) mass is 240 g/mol. The normalized spacial score (nSPS) is 22.1. The molecule has 1 atom stereocenters. The first-order valence-corrected chi connectivity index (χ1v) is 7.41. The van der Waals surface area contributed by atoms with E-state index < -0.39 is 15.2 Å². The van der Waals surface area contributed by atoms with Crippen LogP contribution in [0.2, 0.25) is 0 Å². The van der Waals surface area contributed by atoms with Crippen LogP contribution in [0.15, 0.2) is 24.4 Å². The van der Waals surface area contributed by atoms with Crippen molar-refractivity contribution in [2.75, 3.05) is 17.7 Å². The standard InChI is InChI=1S/C11H16N2O2S/c1-16(14,15)11-7-3-5-9-13(11)10-6-2-4-8-12-10/h2,4,6,8,11H,3,5,7,9H2,1H3. The Morgan fingerprint density at radius 1 is 1.38 bits per heavy atom. The zero-order valence-corrected chi connectivity index (χ0v) is 10.2. The summed E-state index contributed by atoms with van der Waals surface area (Å²) >= 11 is 0. The van der Waals surface area contributed by atoms with E-state index in [0.717, 1.165) is 25.2 Å². The highest BCUT2D eigenvalue weighted by Crippen LogP contribution is 2.25. The summed E-state index contributed by atoms with van der Waals surface area (Å²) in [5.41, 5.74) is 0. The van der Waals surface area contributed by atoms with Gasteiger partial charge >= 0.3 is 0 Å². The Kier molecular flexibility index (Phi) is 3.14. The number of rotatable bonds is 2. The number of pyridine rings is 1. The van der Waals surface area contributed by atoms with E-state index in [2.05, 4.69) is 4.98 Å². The van der Waals surface area contributed by atoms with Crippen LogP contribution in [0.3, 0.4) is 0 Å². The Morgan fingerprint density at radius 2 is 2.19 bits per heavy atom. The van der Waals surface area contributed by atoms with Crippen LogP contribution in [-0.2, 0) is 9.84 Å². The third-order valence-electron chi connectivity index (χ3n) is 2.89. The van der Waals surface area contributed by atoms with Crippen LogP contribution >= 0.6 is 0 Å². The van der Waals surface area contributed by atoms with Gasteiger partial charge in [-0.1, -0.05) is 6.07 Å². The van der Waals surface area contributed by atoms with E-state index in [-0.39, 0.29) is 0 Å². The highest BCUT2D eigenvalue weighted by atomic mass is 32.2. The molecule has 0 N–H and O–H groups in total. The molecule has 0 aromatic carbocycles. The van der Waals surface area contributed by atoms with Crippen molar-refractivity contribution >= 4 is 15.7 Å². The number of anilines is 1. The Morgan fingerprint density at radius 3 is 2.81 bits per heavy atom. The Balaban J connectivity index is 2.31. The molecule has 0 spiro atoms. The molecule has 1 saturated heterocycles. The highest BCUT2D eigenvalue weighted by molar-refractivity contribution is 7.91. The smallest absolute Gasteiger partial charge is 0.168 e. The van der Waals surface area contributed by atoms with Crippen LogP contribution in [0.5, 0.6) is 0 Å². The summed E-state index contributed by atoms with van der Waals surface area (Å²) in [6, 6.07) is 5.59. The summed E-state index contributed by atoms with van der Waals surface area (Å²) in [5, 5.41) is -0.406. The molecule has 0 radical (unpaired) electrons. The van der Waals surface area contributed by atoms with Crippen molar-refractivity contribution in [3.8, 4) is 0 Å². The molecular formula is C11H16N2O2S. The highest BCUT2D eigenvalue weighted by Gasteiger charge is 2.31. The molecule has 5 heteroatoms. The SMILES string of the molecule is CS(=O)(=O)C1CCCCN1c1ccccn1. The summed E-state index contributed by atoms with van der Waals surface area (Å²) in [6.07, 6.45) is 5.71. The topological polar surface area (TPSA) is 50.3 Å². The van der Waals surface area contributed by atoms with E-state index in [9.17, 15) is 8.42 Å². The lowest BCUT2D eigenvalue weighted by atomic mass is 10.1. The van der Waals surface area contributed by atoms with Gasteiger partial charge in [0.25, 0.3) is 0 Å². The Bertz CT molecular complexity index is 444. The number of hydrogen-bond acceptors (Lipinski definition) is 4. The lowest BCUT2D eigenvalue weighted by molar-refractivity contribution is 0.508. The van der Waals surface area contributed by atoms with Crippen molar-refractivity contribution < 1.29 is 8.42 Å². The molecule has 1 unspecified atom stereocenters. The average Bonchev–Trinajstić information content (AvgIpc) is 2.29. The second-order valence-corrected chi connectivity index (χ2v) is 6.36. The molecular weight excluding hydrogens is 224 g/mol. The molecule has 4 nitrogen and oxygen atoms in total. The van der Waals surface area contributed by atoms with Crippen LogP contribution in [0.25, 0.3) is 0 Å². The summed E-state index contributed by atoms with van der Waals surface area (Å²) in [6.45, 7) is 0.773. The van der Waals surface area contributed by atoms with Gasteiger partial charge in [0.2, 0.25) is 0 Å². The maximum atomic E-state index is 11.7. The first kappa shape index (κ1) is 11.4. The minimum atomic E-state index is -3.04. The molecule has 0 amide bonds. The van der Waals surface area contributed by atoms with E-state index in [1.165, 1.54) is 6.26 Å². The maximum absolute atomic E-state index is 11.7. The van der Waals surface area contributed by atoms with E-state index >= 15 is 0 Å². The zero-order chi connectivity index (χ0) is 11.6. The van der Waals surface area contributed by atoms with E-state index in [1.807, 2.05) is 23.1 Å². The minimum Gasteiger partial charge on any atom is -0.340 e. The molecule has 0 aliphatic carbocycles. The summed E-state index contributed by atoms with van der Waals surface area (Å²) < 4.78 is 23.4. The number of sulfone groups is 1. The fourth-order valence-electron chi connectivity index (χ4n) is 2.13. The third kappa shape index (κ3) is 2.35. The molecule has 2 rings (SSSR count). The molecule has 0 bridgehead atoms. The van der Waals surface area contributed by atoms with E-state index in [0.29, 0.717) is 6.42 Å². The van der Waals surface area contributed by atoms with Gasteiger partial charge in [-0.3, -0.25) is 0 Å². The van der Waals surface area contributed by atoms with Crippen molar-refractivity contribution in [1.82, 2.24) is 4.98 Å². The summed E-state index contributed by atoms with van der Waals surface area (Å²) in [4.78, 5) is 6.13. The molecule has 1 aromatic rings. The Hall–Kier alpha value is -1.10. The molecule has 1 aromatic heterocycles. The van der Waals surface area contributed by atoms with Crippen molar-refractivity contribution in [1.29, 1.82) is 0 Å². The molecule has 1 aliphatic heterocycles. The van der Waals surface area contributed by atoms with Crippen molar-refractivity contribution in [3.05, 3.63) is 24.4 Å². The molecule has 16 heavy (non-hydrogen) atoms. The Labute approximate surface area is 96.2 Å². The van der Waals surface area contributed by atoms with Crippen molar-refractivity contribution in [2.24, 2.45) is 0 Å². The average molecular weight is 240 g/mol. The third-order valence-corrected chi connectivity index (χ3v) is 4.36.